The van der Waals surface area contributed by atoms with E-state index in [2.05, 4.69) is 10.2 Å². The third-order valence-electron chi connectivity index (χ3n) is 2.98. The van der Waals surface area contributed by atoms with Crippen LogP contribution in [0.15, 0.2) is 0 Å². The minimum Gasteiger partial charge on any atom is -0.481 e. The summed E-state index contributed by atoms with van der Waals surface area (Å²) < 4.78 is 75.4. The average Bonchev–Trinajstić information content (AvgIpc) is 2.93. The van der Waals surface area contributed by atoms with E-state index in [1.807, 2.05) is 0 Å². The van der Waals surface area contributed by atoms with E-state index in [0.29, 0.717) is 0 Å². The van der Waals surface area contributed by atoms with Crippen molar-refractivity contribution in [2.45, 2.75) is 12.4 Å². The summed E-state index contributed by atoms with van der Waals surface area (Å²) in [5.41, 5.74) is 0. The summed E-state index contributed by atoms with van der Waals surface area (Å²) in [6.45, 7) is -1.32. The van der Waals surface area contributed by atoms with E-state index in [1.165, 1.54) is 0 Å². The Hall–Kier alpha value is -1.59. The van der Waals surface area contributed by atoms with E-state index in [-0.39, 0.29) is 16.5 Å². The van der Waals surface area contributed by atoms with Gasteiger partial charge in [0.05, 0.1) is 11.8 Å². The number of hydrogen-bond donors (Lipinski definition) is 1. The number of alkyl halides is 6. The van der Waals surface area contributed by atoms with Crippen molar-refractivity contribution < 1.29 is 36.2 Å². The van der Waals surface area contributed by atoms with Gasteiger partial charge < -0.3 is 10.0 Å². The Morgan fingerprint density at radius 3 is 2.19 bits per heavy atom. The third-order valence-corrected chi connectivity index (χ3v) is 4.01. The van der Waals surface area contributed by atoms with E-state index in [0.717, 1.165) is 4.90 Å². The molecule has 5 nitrogen and oxygen atoms in total. The van der Waals surface area contributed by atoms with Gasteiger partial charge in [-0.2, -0.15) is 26.3 Å². The summed E-state index contributed by atoms with van der Waals surface area (Å²) in [7, 11) is 0. The molecule has 118 valence electrons. The zero-order valence-corrected chi connectivity index (χ0v) is 10.8. The van der Waals surface area contributed by atoms with Crippen molar-refractivity contribution in [3.05, 3.63) is 5.01 Å². The van der Waals surface area contributed by atoms with Crippen LogP contribution in [0.5, 0.6) is 0 Å². The SMILES string of the molecule is O=C(O)[C@@H]1CN(c2nnc(C(F)(F)F)s2)C[C@H]1C(F)(F)F. The van der Waals surface area contributed by atoms with Gasteiger partial charge in [-0.15, -0.1) is 10.2 Å². The van der Waals surface area contributed by atoms with Crippen LogP contribution in [0.2, 0.25) is 0 Å². The Balaban J connectivity index is 2.23. The maximum atomic E-state index is 12.8. The van der Waals surface area contributed by atoms with Gasteiger partial charge in [-0.3, -0.25) is 4.79 Å². The molecule has 0 radical (unpaired) electrons. The molecule has 0 aromatic carbocycles. The fourth-order valence-corrected chi connectivity index (χ4v) is 2.73. The molecule has 12 heteroatoms. The number of nitrogens with zero attached hydrogens (tertiary/aromatic N) is 3. The molecule has 1 aromatic rings. The number of aliphatic carboxylic acids is 1. The zero-order valence-electron chi connectivity index (χ0n) is 9.94. The van der Waals surface area contributed by atoms with Crippen LogP contribution in [0.25, 0.3) is 0 Å². The second-order valence-electron chi connectivity index (χ2n) is 4.39. The average molecular weight is 335 g/mol. The van der Waals surface area contributed by atoms with Gasteiger partial charge >= 0.3 is 18.3 Å². The summed E-state index contributed by atoms with van der Waals surface area (Å²) in [6, 6.07) is 0. The summed E-state index contributed by atoms with van der Waals surface area (Å²) in [5, 5.41) is 13.2. The van der Waals surface area contributed by atoms with Crippen molar-refractivity contribution in [2.24, 2.45) is 11.8 Å². The second kappa shape index (κ2) is 5.00. The number of halogens is 6. The number of carboxylic acids is 1. The molecule has 1 aliphatic rings. The number of anilines is 1. The second-order valence-corrected chi connectivity index (χ2v) is 5.34. The molecule has 0 saturated carbocycles. The smallest absolute Gasteiger partial charge is 0.445 e. The van der Waals surface area contributed by atoms with Gasteiger partial charge in [0.25, 0.3) is 0 Å². The molecule has 2 atom stereocenters. The van der Waals surface area contributed by atoms with Crippen molar-refractivity contribution >= 4 is 22.4 Å². The van der Waals surface area contributed by atoms with Crippen LogP contribution in [-0.2, 0) is 11.0 Å². The molecule has 0 aliphatic carbocycles. The highest BCUT2D eigenvalue weighted by Crippen LogP contribution is 2.41. The number of carboxylic acid groups (broad SMARTS) is 1. The van der Waals surface area contributed by atoms with Gasteiger partial charge in [0.15, 0.2) is 0 Å². The standard InChI is InChI=1S/C9H7F6N3O2S/c10-8(11,12)4-2-18(1-3(4)5(19)20)7-17-16-6(21-7)9(13,14)15/h3-4H,1-2H2,(H,19,20)/t3-,4-/m1/s1. The van der Waals surface area contributed by atoms with Crippen molar-refractivity contribution in [3.63, 3.8) is 0 Å². The molecule has 0 amide bonds. The minimum absolute atomic E-state index is 0.0819. The first-order chi connectivity index (χ1) is 9.50. The topological polar surface area (TPSA) is 66.3 Å². The van der Waals surface area contributed by atoms with Crippen molar-refractivity contribution in [2.75, 3.05) is 18.0 Å². The van der Waals surface area contributed by atoms with Crippen molar-refractivity contribution in [3.8, 4) is 0 Å². The lowest BCUT2D eigenvalue weighted by molar-refractivity contribution is -0.187. The van der Waals surface area contributed by atoms with E-state index < -0.39 is 48.3 Å². The van der Waals surface area contributed by atoms with Gasteiger partial charge in [-0.05, 0) is 0 Å². The van der Waals surface area contributed by atoms with Crippen LogP contribution >= 0.6 is 11.3 Å². The highest BCUT2D eigenvalue weighted by Gasteiger charge is 2.53. The normalized spacial score (nSPS) is 23.6. The van der Waals surface area contributed by atoms with E-state index >= 15 is 0 Å². The maximum Gasteiger partial charge on any atom is 0.445 e. The molecular formula is C9H7F6N3O2S. The Kier molecular flexibility index (Phi) is 3.76. The summed E-state index contributed by atoms with van der Waals surface area (Å²) in [4.78, 5) is 11.7. The molecule has 1 saturated heterocycles. The van der Waals surface area contributed by atoms with Gasteiger partial charge in [-0.25, -0.2) is 0 Å². The lowest BCUT2D eigenvalue weighted by Gasteiger charge is -2.17. The summed E-state index contributed by atoms with van der Waals surface area (Å²) >= 11 is 0.0819. The van der Waals surface area contributed by atoms with Gasteiger partial charge in [0.1, 0.15) is 0 Å². The highest BCUT2D eigenvalue weighted by atomic mass is 32.1. The van der Waals surface area contributed by atoms with E-state index in [4.69, 9.17) is 5.11 Å². The fraction of sp³-hybridized carbons (Fsp3) is 0.667. The van der Waals surface area contributed by atoms with Crippen LogP contribution < -0.4 is 4.90 Å². The van der Waals surface area contributed by atoms with Gasteiger partial charge in [-0.1, -0.05) is 11.3 Å². The summed E-state index contributed by atoms with van der Waals surface area (Å²) in [5.74, 6) is -5.56. The molecule has 0 spiro atoms. The maximum absolute atomic E-state index is 12.8. The van der Waals surface area contributed by atoms with Crippen molar-refractivity contribution in [1.82, 2.24) is 10.2 Å². The Labute approximate surface area is 117 Å². The monoisotopic (exact) mass is 335 g/mol. The molecule has 1 aromatic heterocycles. The molecule has 21 heavy (non-hydrogen) atoms. The van der Waals surface area contributed by atoms with Crippen molar-refractivity contribution in [1.29, 1.82) is 0 Å². The number of hydrogen-bond acceptors (Lipinski definition) is 5. The Bertz CT molecular complexity index is 542. The summed E-state index contributed by atoms with van der Waals surface area (Å²) in [6.07, 6.45) is -9.50. The first-order valence-electron chi connectivity index (χ1n) is 5.45. The van der Waals surface area contributed by atoms with Crippen LogP contribution in [-0.4, -0.2) is 40.5 Å². The molecular weight excluding hydrogens is 328 g/mol. The zero-order chi connectivity index (χ0) is 16.0. The molecule has 1 aliphatic heterocycles. The Morgan fingerprint density at radius 2 is 1.81 bits per heavy atom. The number of carbonyl (C=O) groups is 1. The molecule has 2 rings (SSSR count). The highest BCUT2D eigenvalue weighted by molar-refractivity contribution is 7.15. The predicted molar refractivity (Wildman–Crippen MR) is 57.8 cm³/mol. The third kappa shape index (κ3) is 3.19. The predicted octanol–water partition coefficient (Wildman–Crippen LogP) is 2.26. The molecule has 0 unspecified atom stereocenters. The molecule has 1 N–H and O–H groups in total. The minimum atomic E-state index is -4.75. The quantitative estimate of drug-likeness (QED) is 0.840. The van der Waals surface area contributed by atoms with E-state index in [9.17, 15) is 31.1 Å². The molecule has 0 bridgehead atoms. The first kappa shape index (κ1) is 15.8. The van der Waals surface area contributed by atoms with Crippen LogP contribution in [0.4, 0.5) is 31.5 Å². The molecule has 1 fully saturated rings. The number of rotatable bonds is 2. The van der Waals surface area contributed by atoms with Gasteiger partial charge in [0.2, 0.25) is 10.1 Å². The fourth-order valence-electron chi connectivity index (χ4n) is 2.00. The first-order valence-corrected chi connectivity index (χ1v) is 6.27. The lowest BCUT2D eigenvalue weighted by atomic mass is 9.96. The van der Waals surface area contributed by atoms with Crippen LogP contribution in [0.1, 0.15) is 5.01 Å². The van der Waals surface area contributed by atoms with E-state index in [1.54, 1.807) is 0 Å². The molecule has 2 heterocycles. The lowest BCUT2D eigenvalue weighted by Crippen LogP contribution is -2.33. The number of aromatic nitrogens is 2. The van der Waals surface area contributed by atoms with Crippen LogP contribution in [0.3, 0.4) is 0 Å². The van der Waals surface area contributed by atoms with Crippen LogP contribution in [0, 0.1) is 11.8 Å². The van der Waals surface area contributed by atoms with Gasteiger partial charge in [0, 0.05) is 13.1 Å². The Morgan fingerprint density at radius 1 is 1.19 bits per heavy atom. The largest absolute Gasteiger partial charge is 0.481 e.